The number of carbonyl (C=O) groups excluding carboxylic acids is 2. The van der Waals surface area contributed by atoms with Crippen molar-refractivity contribution in [1.29, 1.82) is 0 Å². The van der Waals surface area contributed by atoms with Crippen LogP contribution in [0.5, 0.6) is 0 Å². The zero-order chi connectivity index (χ0) is 20.1. The van der Waals surface area contributed by atoms with Crippen molar-refractivity contribution in [3.05, 3.63) is 77.6 Å². The molecule has 0 bridgehead atoms. The SMILES string of the molecule is COC(=O)c1ccc(NC(=O)c2cnc(Nc3ccc(F)cc3F)nc2)cc1. The van der Waals surface area contributed by atoms with Crippen LogP contribution in [0.3, 0.4) is 0 Å². The summed E-state index contributed by atoms with van der Waals surface area (Å²) in [4.78, 5) is 31.5. The number of aromatic nitrogens is 2. The van der Waals surface area contributed by atoms with Gasteiger partial charge in [0, 0.05) is 24.1 Å². The summed E-state index contributed by atoms with van der Waals surface area (Å²) in [6.07, 6.45) is 2.52. The molecule has 0 spiro atoms. The number of halogens is 2. The summed E-state index contributed by atoms with van der Waals surface area (Å²) < 4.78 is 31.2. The van der Waals surface area contributed by atoms with E-state index in [9.17, 15) is 18.4 Å². The van der Waals surface area contributed by atoms with E-state index >= 15 is 0 Å². The molecular weight excluding hydrogens is 370 g/mol. The molecule has 1 aromatic heterocycles. The molecule has 2 N–H and O–H groups in total. The third-order valence-corrected chi connectivity index (χ3v) is 3.66. The number of hydrogen-bond donors (Lipinski definition) is 2. The van der Waals surface area contributed by atoms with Crippen LogP contribution in [0.2, 0.25) is 0 Å². The van der Waals surface area contributed by atoms with Crippen molar-refractivity contribution in [2.45, 2.75) is 0 Å². The molecular formula is C19H14F2N4O3. The highest BCUT2D eigenvalue weighted by Gasteiger charge is 2.10. The van der Waals surface area contributed by atoms with Gasteiger partial charge in [0.15, 0.2) is 0 Å². The quantitative estimate of drug-likeness (QED) is 0.654. The Morgan fingerprint density at radius 2 is 1.64 bits per heavy atom. The highest BCUT2D eigenvalue weighted by atomic mass is 19.1. The van der Waals surface area contributed by atoms with Gasteiger partial charge in [-0.3, -0.25) is 4.79 Å². The van der Waals surface area contributed by atoms with Gasteiger partial charge in [0.25, 0.3) is 5.91 Å². The second kappa shape index (κ2) is 8.21. The van der Waals surface area contributed by atoms with Gasteiger partial charge in [-0.1, -0.05) is 0 Å². The largest absolute Gasteiger partial charge is 0.465 e. The molecule has 7 nitrogen and oxygen atoms in total. The van der Waals surface area contributed by atoms with Crippen LogP contribution in [-0.2, 0) is 4.74 Å². The molecule has 0 radical (unpaired) electrons. The Morgan fingerprint density at radius 1 is 0.964 bits per heavy atom. The van der Waals surface area contributed by atoms with Gasteiger partial charge in [0.2, 0.25) is 5.95 Å². The topological polar surface area (TPSA) is 93.2 Å². The molecule has 3 aromatic rings. The van der Waals surface area contributed by atoms with Crippen LogP contribution in [0, 0.1) is 11.6 Å². The lowest BCUT2D eigenvalue weighted by molar-refractivity contribution is 0.0600. The number of rotatable bonds is 5. The van der Waals surface area contributed by atoms with Gasteiger partial charge in [0.05, 0.1) is 23.9 Å². The number of carbonyl (C=O) groups is 2. The molecule has 0 saturated heterocycles. The van der Waals surface area contributed by atoms with Crippen LogP contribution in [0.1, 0.15) is 20.7 Å². The van der Waals surface area contributed by atoms with E-state index in [1.807, 2.05) is 0 Å². The van der Waals surface area contributed by atoms with Gasteiger partial charge in [-0.05, 0) is 36.4 Å². The maximum atomic E-state index is 13.6. The lowest BCUT2D eigenvalue weighted by Crippen LogP contribution is -2.13. The van der Waals surface area contributed by atoms with Gasteiger partial charge in [0.1, 0.15) is 11.6 Å². The summed E-state index contributed by atoms with van der Waals surface area (Å²) >= 11 is 0. The van der Waals surface area contributed by atoms with Gasteiger partial charge >= 0.3 is 5.97 Å². The number of amides is 1. The second-order valence-corrected chi connectivity index (χ2v) is 5.57. The van der Waals surface area contributed by atoms with E-state index in [2.05, 4.69) is 25.3 Å². The van der Waals surface area contributed by atoms with E-state index in [4.69, 9.17) is 0 Å². The minimum absolute atomic E-state index is 0.00398. The highest BCUT2D eigenvalue weighted by Crippen LogP contribution is 2.18. The van der Waals surface area contributed by atoms with Crippen molar-refractivity contribution < 1.29 is 23.1 Å². The molecule has 0 aliphatic carbocycles. The van der Waals surface area contributed by atoms with Crippen LogP contribution < -0.4 is 10.6 Å². The summed E-state index contributed by atoms with van der Waals surface area (Å²) in [5.74, 6) is -2.39. The van der Waals surface area contributed by atoms with E-state index < -0.39 is 23.5 Å². The van der Waals surface area contributed by atoms with E-state index in [1.54, 1.807) is 12.1 Å². The summed E-state index contributed by atoms with van der Waals surface area (Å²) in [7, 11) is 1.28. The Kier molecular flexibility index (Phi) is 5.54. The standard InChI is InChI=1S/C19H14F2N4O3/c1-28-18(27)11-2-5-14(6-3-11)24-17(26)12-9-22-19(23-10-12)25-16-7-4-13(20)8-15(16)21/h2-10H,1H3,(H,24,26)(H,22,23,25). The maximum absolute atomic E-state index is 13.6. The number of nitrogens with zero attached hydrogens (tertiary/aromatic N) is 2. The Morgan fingerprint density at radius 3 is 2.25 bits per heavy atom. The predicted octanol–water partition coefficient (Wildman–Crippen LogP) is 3.54. The minimum atomic E-state index is -0.791. The summed E-state index contributed by atoms with van der Waals surface area (Å²) in [6, 6.07) is 9.18. The van der Waals surface area contributed by atoms with Gasteiger partial charge in [-0.2, -0.15) is 0 Å². The summed E-state index contributed by atoms with van der Waals surface area (Å²) in [6.45, 7) is 0. The fraction of sp³-hybridized carbons (Fsp3) is 0.0526. The van der Waals surface area contributed by atoms with Gasteiger partial charge in [-0.15, -0.1) is 0 Å². The summed E-state index contributed by atoms with van der Waals surface area (Å²) in [5.41, 5.74) is 0.993. The number of anilines is 3. The van der Waals surface area contributed by atoms with Crippen LogP contribution in [0.4, 0.5) is 26.1 Å². The average molecular weight is 384 g/mol. The van der Waals surface area contributed by atoms with Crippen molar-refractivity contribution in [1.82, 2.24) is 9.97 Å². The number of hydrogen-bond acceptors (Lipinski definition) is 6. The molecule has 1 amide bonds. The number of ether oxygens (including phenoxy) is 1. The first-order valence-electron chi connectivity index (χ1n) is 8.00. The smallest absolute Gasteiger partial charge is 0.337 e. The maximum Gasteiger partial charge on any atom is 0.337 e. The molecule has 142 valence electrons. The molecule has 0 saturated carbocycles. The molecule has 1 heterocycles. The molecule has 0 atom stereocenters. The zero-order valence-electron chi connectivity index (χ0n) is 14.6. The van der Waals surface area contributed by atoms with Crippen molar-refractivity contribution in [3.63, 3.8) is 0 Å². The highest BCUT2D eigenvalue weighted by molar-refractivity contribution is 6.04. The monoisotopic (exact) mass is 384 g/mol. The molecule has 0 unspecified atom stereocenters. The Labute approximate surface area is 158 Å². The number of benzene rings is 2. The van der Waals surface area contributed by atoms with Crippen molar-refractivity contribution >= 4 is 29.2 Å². The van der Waals surface area contributed by atoms with Crippen molar-refractivity contribution in [2.24, 2.45) is 0 Å². The fourth-order valence-electron chi connectivity index (χ4n) is 2.23. The number of nitrogens with one attached hydrogen (secondary N) is 2. The zero-order valence-corrected chi connectivity index (χ0v) is 14.6. The minimum Gasteiger partial charge on any atom is -0.465 e. The number of methoxy groups -OCH3 is 1. The van der Waals surface area contributed by atoms with E-state index in [0.717, 1.165) is 12.1 Å². The van der Waals surface area contributed by atoms with Crippen molar-refractivity contribution in [2.75, 3.05) is 17.7 Å². The molecule has 3 rings (SSSR count). The molecule has 0 aliphatic rings. The first-order valence-corrected chi connectivity index (χ1v) is 8.00. The normalized spacial score (nSPS) is 10.2. The van der Waals surface area contributed by atoms with Crippen LogP contribution >= 0.6 is 0 Å². The number of esters is 1. The van der Waals surface area contributed by atoms with Gasteiger partial charge < -0.3 is 15.4 Å². The first kappa shape index (κ1) is 18.9. The summed E-state index contributed by atoms with van der Waals surface area (Å²) in [5, 5.41) is 5.23. The Bertz CT molecular complexity index is 1010. The van der Waals surface area contributed by atoms with E-state index in [-0.39, 0.29) is 17.2 Å². The van der Waals surface area contributed by atoms with Crippen LogP contribution in [0.25, 0.3) is 0 Å². The molecule has 9 heteroatoms. The molecule has 0 fully saturated rings. The lowest BCUT2D eigenvalue weighted by Gasteiger charge is -2.08. The Hall–Kier alpha value is -3.88. The second-order valence-electron chi connectivity index (χ2n) is 5.57. The lowest BCUT2D eigenvalue weighted by atomic mass is 10.2. The fourth-order valence-corrected chi connectivity index (χ4v) is 2.23. The molecule has 28 heavy (non-hydrogen) atoms. The Balaban J connectivity index is 1.65. The van der Waals surface area contributed by atoms with Crippen LogP contribution in [-0.4, -0.2) is 29.0 Å². The van der Waals surface area contributed by atoms with E-state index in [1.165, 1.54) is 37.7 Å². The molecule has 0 aliphatic heterocycles. The predicted molar refractivity (Wildman–Crippen MR) is 97.4 cm³/mol. The third-order valence-electron chi connectivity index (χ3n) is 3.66. The molecule has 2 aromatic carbocycles. The first-order chi connectivity index (χ1) is 13.5. The van der Waals surface area contributed by atoms with Crippen LogP contribution in [0.15, 0.2) is 54.9 Å². The van der Waals surface area contributed by atoms with Crippen molar-refractivity contribution in [3.8, 4) is 0 Å². The van der Waals surface area contributed by atoms with E-state index in [0.29, 0.717) is 11.3 Å². The van der Waals surface area contributed by atoms with Gasteiger partial charge in [-0.25, -0.2) is 23.5 Å². The third kappa shape index (κ3) is 4.44. The average Bonchev–Trinajstić information content (AvgIpc) is 2.70.